The first-order chi connectivity index (χ1) is 14.8. The van der Waals surface area contributed by atoms with Crippen LogP contribution >= 0.6 is 11.3 Å². The molecule has 1 saturated heterocycles. The van der Waals surface area contributed by atoms with Crippen molar-refractivity contribution >= 4 is 22.9 Å². The molecule has 164 valence electrons. The van der Waals surface area contributed by atoms with Gasteiger partial charge in [-0.05, 0) is 25.0 Å². The topological polar surface area (TPSA) is 95.1 Å². The van der Waals surface area contributed by atoms with Gasteiger partial charge in [-0.2, -0.15) is 5.10 Å². The lowest BCUT2D eigenvalue weighted by Gasteiger charge is -2.17. The van der Waals surface area contributed by atoms with Gasteiger partial charge in [-0.1, -0.05) is 6.07 Å². The summed E-state index contributed by atoms with van der Waals surface area (Å²) in [6, 6.07) is 2.90. The molecule has 0 saturated carbocycles. The lowest BCUT2D eigenvalue weighted by molar-refractivity contribution is 0.0247. The number of rotatable bonds is 4. The number of amides is 1. The minimum atomic E-state index is -1.26. The Balaban J connectivity index is 1.55. The second kappa shape index (κ2) is 8.77. The van der Waals surface area contributed by atoms with Crippen LogP contribution in [0.1, 0.15) is 35.1 Å². The Kier molecular flexibility index (Phi) is 6.08. The molecule has 3 unspecified atom stereocenters. The molecule has 0 aliphatic carbocycles. The number of halogens is 3. The Morgan fingerprint density at radius 1 is 1.32 bits per heavy atom. The number of hydrogen-bond donors (Lipinski definition) is 2. The van der Waals surface area contributed by atoms with Gasteiger partial charge in [0.1, 0.15) is 34.6 Å². The van der Waals surface area contributed by atoms with E-state index >= 15 is 0 Å². The number of hydrogen-bond acceptors (Lipinski definition) is 6. The maximum absolute atomic E-state index is 14.0. The lowest BCUT2D eigenvalue weighted by atomic mass is 10.0. The minimum absolute atomic E-state index is 0.00471. The Bertz CT molecular complexity index is 1070. The molecule has 0 bridgehead atoms. The van der Waals surface area contributed by atoms with Crippen molar-refractivity contribution in [3.8, 4) is 10.6 Å². The number of nitrogens with zero attached hydrogens (tertiary/aromatic N) is 3. The molecule has 0 spiro atoms. The molecule has 1 aromatic carbocycles. The largest absolute Gasteiger partial charge is 0.369 e. The summed E-state index contributed by atoms with van der Waals surface area (Å²) in [7, 11) is 1.69. The van der Waals surface area contributed by atoms with Crippen LogP contribution in [0.4, 0.5) is 18.9 Å². The minimum Gasteiger partial charge on any atom is -0.369 e. The van der Waals surface area contributed by atoms with Gasteiger partial charge in [0, 0.05) is 18.5 Å². The van der Waals surface area contributed by atoms with Gasteiger partial charge in [0.2, 0.25) is 0 Å². The zero-order valence-corrected chi connectivity index (χ0v) is 17.3. The van der Waals surface area contributed by atoms with E-state index in [4.69, 9.17) is 10.5 Å². The summed E-state index contributed by atoms with van der Waals surface area (Å²) >= 11 is 0.958. The second-order valence-electron chi connectivity index (χ2n) is 7.23. The first-order valence-corrected chi connectivity index (χ1v) is 10.5. The van der Waals surface area contributed by atoms with Gasteiger partial charge in [-0.3, -0.25) is 9.48 Å². The third-order valence-corrected chi connectivity index (χ3v) is 5.99. The van der Waals surface area contributed by atoms with E-state index in [-0.39, 0.29) is 22.9 Å². The highest BCUT2D eigenvalue weighted by molar-refractivity contribution is 7.13. The molecule has 0 radical (unpaired) electrons. The van der Waals surface area contributed by atoms with Crippen molar-refractivity contribution in [2.24, 2.45) is 12.8 Å². The fraction of sp³-hybridized carbons (Fsp3) is 0.350. The zero-order valence-electron chi connectivity index (χ0n) is 16.5. The number of aryl methyl sites for hydroxylation is 1. The van der Waals surface area contributed by atoms with Crippen molar-refractivity contribution in [1.29, 1.82) is 0 Å². The van der Waals surface area contributed by atoms with Gasteiger partial charge in [-0.25, -0.2) is 18.2 Å². The van der Waals surface area contributed by atoms with Crippen LogP contribution in [0.5, 0.6) is 0 Å². The molecule has 2 aromatic heterocycles. The van der Waals surface area contributed by atoms with Gasteiger partial charge < -0.3 is 15.8 Å². The number of benzene rings is 1. The van der Waals surface area contributed by atoms with Gasteiger partial charge >= 0.3 is 0 Å². The van der Waals surface area contributed by atoms with Crippen molar-refractivity contribution in [3.63, 3.8) is 0 Å². The highest BCUT2D eigenvalue weighted by Crippen LogP contribution is 2.33. The molecule has 1 aliphatic heterocycles. The van der Waals surface area contributed by atoms with Crippen LogP contribution < -0.4 is 11.1 Å². The van der Waals surface area contributed by atoms with Crippen molar-refractivity contribution in [2.45, 2.75) is 31.2 Å². The molecule has 1 amide bonds. The number of alkyl halides is 1. The van der Waals surface area contributed by atoms with Crippen LogP contribution in [-0.4, -0.2) is 39.5 Å². The van der Waals surface area contributed by atoms with E-state index in [2.05, 4.69) is 15.4 Å². The van der Waals surface area contributed by atoms with E-state index in [0.29, 0.717) is 24.2 Å². The summed E-state index contributed by atoms with van der Waals surface area (Å²) in [4.78, 5) is 16.8. The van der Waals surface area contributed by atoms with E-state index in [1.165, 1.54) is 17.6 Å². The molecule has 4 rings (SSSR count). The summed E-state index contributed by atoms with van der Waals surface area (Å²) in [6.07, 6.45) is 0.598. The number of nitrogens with one attached hydrogen (secondary N) is 1. The van der Waals surface area contributed by atoms with E-state index < -0.39 is 35.9 Å². The van der Waals surface area contributed by atoms with Crippen LogP contribution in [0.15, 0.2) is 29.8 Å². The van der Waals surface area contributed by atoms with Crippen molar-refractivity contribution in [2.75, 3.05) is 11.9 Å². The Morgan fingerprint density at radius 3 is 2.81 bits per heavy atom. The number of ether oxygens (including phenoxy) is 1. The van der Waals surface area contributed by atoms with E-state index in [9.17, 15) is 18.0 Å². The predicted molar refractivity (Wildman–Crippen MR) is 109 cm³/mol. The monoisotopic (exact) mass is 451 g/mol. The highest BCUT2D eigenvalue weighted by Gasteiger charge is 2.30. The number of thiazole rings is 1. The molecular weight excluding hydrogens is 431 g/mol. The average Bonchev–Trinajstić information content (AvgIpc) is 3.31. The Hall–Kier alpha value is -2.76. The fourth-order valence-corrected chi connectivity index (χ4v) is 4.31. The first kappa shape index (κ1) is 21.5. The van der Waals surface area contributed by atoms with Gasteiger partial charge in [0.05, 0.1) is 29.7 Å². The standard InChI is InChI=1S/C20H20F3N5O2S/c1-28-18(16-6-5-13(24)12(23)8-30-16)14(7-25-28)26-19(29)15-9-31-20(27-15)17-10(21)3-2-4-11(17)22/h2-4,7,9,12-13,16H,5-6,8,24H2,1H3,(H,26,29). The maximum atomic E-state index is 14.0. The maximum Gasteiger partial charge on any atom is 0.275 e. The lowest BCUT2D eigenvalue weighted by Crippen LogP contribution is -2.32. The van der Waals surface area contributed by atoms with Crippen LogP contribution in [-0.2, 0) is 11.8 Å². The summed E-state index contributed by atoms with van der Waals surface area (Å²) in [6.45, 7) is -0.145. The molecule has 3 N–H and O–H groups in total. The number of anilines is 1. The van der Waals surface area contributed by atoms with Gasteiger partial charge in [-0.15, -0.1) is 11.3 Å². The molecule has 31 heavy (non-hydrogen) atoms. The molecule has 1 fully saturated rings. The third kappa shape index (κ3) is 4.34. The second-order valence-corrected chi connectivity index (χ2v) is 8.09. The Labute approximate surface area is 180 Å². The molecule has 7 nitrogen and oxygen atoms in total. The van der Waals surface area contributed by atoms with Crippen LogP contribution in [0.3, 0.4) is 0 Å². The Morgan fingerprint density at radius 2 is 2.06 bits per heavy atom. The van der Waals surface area contributed by atoms with Crippen LogP contribution in [0.25, 0.3) is 10.6 Å². The summed E-state index contributed by atoms with van der Waals surface area (Å²) in [5.41, 5.74) is 6.47. The SMILES string of the molecule is Cn1ncc(NC(=O)c2csc(-c3c(F)cccc3F)n2)c1C1CCC(N)C(F)CO1. The third-order valence-electron chi connectivity index (χ3n) is 5.13. The smallest absolute Gasteiger partial charge is 0.275 e. The molecule has 3 atom stereocenters. The molecular formula is C20H20F3N5O2S. The normalized spacial score (nSPS) is 21.6. The molecule has 3 aromatic rings. The predicted octanol–water partition coefficient (Wildman–Crippen LogP) is 3.59. The number of aromatic nitrogens is 3. The van der Waals surface area contributed by atoms with Gasteiger partial charge in [0.15, 0.2) is 0 Å². The quantitative estimate of drug-likeness (QED) is 0.632. The number of carbonyl (C=O) groups excluding carboxylic acids is 1. The fourth-order valence-electron chi connectivity index (χ4n) is 3.46. The van der Waals surface area contributed by atoms with Crippen LogP contribution in [0.2, 0.25) is 0 Å². The van der Waals surface area contributed by atoms with E-state index in [0.717, 1.165) is 23.5 Å². The number of carbonyl (C=O) groups is 1. The summed E-state index contributed by atoms with van der Waals surface area (Å²) < 4.78 is 49.1. The molecule has 3 heterocycles. The highest BCUT2D eigenvalue weighted by atomic mass is 32.1. The first-order valence-electron chi connectivity index (χ1n) is 9.59. The van der Waals surface area contributed by atoms with Crippen molar-refractivity contribution in [1.82, 2.24) is 14.8 Å². The summed E-state index contributed by atoms with van der Waals surface area (Å²) in [5.74, 6) is -2.08. The number of nitrogens with two attached hydrogens (primary N) is 1. The van der Waals surface area contributed by atoms with E-state index in [1.54, 1.807) is 11.7 Å². The van der Waals surface area contributed by atoms with Crippen molar-refractivity contribution < 1.29 is 22.7 Å². The van der Waals surface area contributed by atoms with Crippen molar-refractivity contribution in [3.05, 3.63) is 52.8 Å². The average molecular weight is 451 g/mol. The molecule has 1 aliphatic rings. The van der Waals surface area contributed by atoms with Gasteiger partial charge in [0.25, 0.3) is 5.91 Å². The van der Waals surface area contributed by atoms with E-state index in [1.807, 2.05) is 0 Å². The summed E-state index contributed by atoms with van der Waals surface area (Å²) in [5, 5.41) is 8.35. The van der Waals surface area contributed by atoms with Crippen LogP contribution in [0, 0.1) is 11.6 Å². The molecule has 11 heteroatoms. The zero-order chi connectivity index (χ0) is 22.1.